The molecule has 166 valence electrons. The van der Waals surface area contributed by atoms with Crippen LogP contribution in [0.1, 0.15) is 33.3 Å². The second-order valence-electron chi connectivity index (χ2n) is 7.95. The first kappa shape index (κ1) is 26.1. The number of hydrogen-bond donors (Lipinski definition) is 3. The van der Waals surface area contributed by atoms with Gasteiger partial charge in [0, 0.05) is 30.9 Å². The van der Waals surface area contributed by atoms with Crippen LogP contribution >= 0.6 is 11.8 Å². The molecular formula is C19H30BN3O6S. The van der Waals surface area contributed by atoms with Gasteiger partial charge in [0.2, 0.25) is 5.91 Å². The van der Waals surface area contributed by atoms with Crippen molar-refractivity contribution in [2.75, 3.05) is 12.4 Å². The van der Waals surface area contributed by atoms with Crippen molar-refractivity contribution >= 4 is 35.5 Å². The summed E-state index contributed by atoms with van der Waals surface area (Å²) in [7, 11) is -0.913. The zero-order valence-corrected chi connectivity index (χ0v) is 18.8. The third-order valence-corrected chi connectivity index (χ3v) is 4.88. The van der Waals surface area contributed by atoms with Gasteiger partial charge in [-0.1, -0.05) is 23.9 Å². The van der Waals surface area contributed by atoms with E-state index in [1.54, 1.807) is 12.1 Å². The van der Waals surface area contributed by atoms with Crippen molar-refractivity contribution in [1.82, 2.24) is 10.5 Å². The van der Waals surface area contributed by atoms with E-state index in [0.29, 0.717) is 12.2 Å². The van der Waals surface area contributed by atoms with Gasteiger partial charge in [0.1, 0.15) is 6.04 Å². The lowest BCUT2D eigenvalue weighted by Gasteiger charge is -2.27. The largest absolute Gasteiger partial charge is 0.437 e. The van der Waals surface area contributed by atoms with E-state index in [9.17, 15) is 24.7 Å². The van der Waals surface area contributed by atoms with E-state index < -0.39 is 23.6 Å². The molecule has 9 nitrogen and oxygen atoms in total. The van der Waals surface area contributed by atoms with Crippen LogP contribution in [-0.4, -0.2) is 58.1 Å². The highest BCUT2D eigenvalue weighted by Gasteiger charge is 2.26. The third-order valence-electron chi connectivity index (χ3n) is 3.91. The summed E-state index contributed by atoms with van der Waals surface area (Å²) in [4.78, 5) is 34.6. The molecule has 1 aromatic carbocycles. The maximum Gasteiger partial charge on any atom is 0.374 e. The Morgan fingerprint density at radius 3 is 2.37 bits per heavy atom. The highest BCUT2D eigenvalue weighted by molar-refractivity contribution is 8.13. The molecule has 0 spiro atoms. The molecule has 11 heteroatoms. The number of nitrogens with one attached hydrogen (secondary N) is 2. The Morgan fingerprint density at radius 1 is 1.30 bits per heavy atom. The Labute approximate surface area is 181 Å². The first-order chi connectivity index (χ1) is 13.9. The molecule has 3 N–H and O–H groups in total. The summed E-state index contributed by atoms with van der Waals surface area (Å²) in [6, 6.07) is 4.89. The molecule has 30 heavy (non-hydrogen) atoms. The third kappa shape index (κ3) is 10.7. The lowest BCUT2D eigenvalue weighted by molar-refractivity contribution is -0.384. The Kier molecular flexibility index (Phi) is 10.5. The van der Waals surface area contributed by atoms with Gasteiger partial charge in [-0.05, 0) is 39.6 Å². The molecule has 0 unspecified atom stereocenters. The summed E-state index contributed by atoms with van der Waals surface area (Å²) >= 11 is 1.09. The monoisotopic (exact) mass is 439 g/mol. The average molecular weight is 439 g/mol. The fourth-order valence-electron chi connectivity index (χ4n) is 2.53. The van der Waals surface area contributed by atoms with Crippen LogP contribution in [0.25, 0.3) is 0 Å². The van der Waals surface area contributed by atoms with E-state index in [1.165, 1.54) is 25.9 Å². The second-order valence-corrected chi connectivity index (χ2v) is 9.15. The van der Waals surface area contributed by atoms with E-state index in [4.69, 9.17) is 4.74 Å². The van der Waals surface area contributed by atoms with Gasteiger partial charge in [-0.25, -0.2) is 0 Å². The molecule has 0 fully saturated rings. The summed E-state index contributed by atoms with van der Waals surface area (Å²) in [5, 5.41) is 26.1. The highest BCUT2D eigenvalue weighted by Crippen LogP contribution is 2.15. The van der Waals surface area contributed by atoms with Gasteiger partial charge in [-0.15, -0.1) is 0 Å². The van der Waals surface area contributed by atoms with Gasteiger partial charge < -0.3 is 20.3 Å². The minimum absolute atomic E-state index is 0.0158. The SMILES string of the molecule is CB(O)N[C@@H](COC(C)(C)C)C(=O)N[C@@H](CSC(C)=O)Cc1ccc([N+](=O)[O-])cc1. The summed E-state index contributed by atoms with van der Waals surface area (Å²) in [5.41, 5.74) is 0.320. The van der Waals surface area contributed by atoms with Crippen molar-refractivity contribution in [3.05, 3.63) is 39.9 Å². The van der Waals surface area contributed by atoms with Gasteiger partial charge in [-0.2, -0.15) is 0 Å². The lowest BCUT2D eigenvalue weighted by atomic mass is 9.87. The van der Waals surface area contributed by atoms with Crippen LogP contribution in [0.4, 0.5) is 5.69 Å². The summed E-state index contributed by atoms with van der Waals surface area (Å²) in [5.74, 6) is -0.0178. The maximum absolute atomic E-state index is 12.8. The van der Waals surface area contributed by atoms with Crippen molar-refractivity contribution in [1.29, 1.82) is 0 Å². The predicted octanol–water partition coefficient (Wildman–Crippen LogP) is 1.79. The Bertz CT molecular complexity index is 724. The number of benzene rings is 1. The van der Waals surface area contributed by atoms with Gasteiger partial charge in [0.15, 0.2) is 5.12 Å². The van der Waals surface area contributed by atoms with Crippen LogP contribution < -0.4 is 10.5 Å². The normalized spacial score (nSPS) is 13.4. The van der Waals surface area contributed by atoms with Crippen LogP contribution in [0, 0.1) is 10.1 Å². The van der Waals surface area contributed by atoms with Crippen LogP contribution in [0.3, 0.4) is 0 Å². The molecule has 1 aromatic rings. The molecule has 1 rings (SSSR count). The summed E-state index contributed by atoms with van der Waals surface area (Å²) < 4.78 is 5.69. The number of ether oxygens (including phenoxy) is 1. The number of thioether (sulfide) groups is 1. The van der Waals surface area contributed by atoms with Crippen molar-refractivity contribution in [3.8, 4) is 0 Å². The number of rotatable bonds is 11. The van der Waals surface area contributed by atoms with Gasteiger partial charge in [0.25, 0.3) is 5.69 Å². The van der Waals surface area contributed by atoms with Crippen molar-refractivity contribution in [2.24, 2.45) is 0 Å². The predicted molar refractivity (Wildman–Crippen MR) is 118 cm³/mol. The maximum atomic E-state index is 12.8. The minimum atomic E-state index is -0.913. The first-order valence-electron chi connectivity index (χ1n) is 9.62. The molecule has 0 aromatic heterocycles. The van der Waals surface area contributed by atoms with Gasteiger partial charge >= 0.3 is 7.05 Å². The summed E-state index contributed by atoms with van der Waals surface area (Å²) in [6.45, 7) is 8.62. The smallest absolute Gasteiger partial charge is 0.374 e. The van der Waals surface area contributed by atoms with E-state index in [-0.39, 0.29) is 29.4 Å². The van der Waals surface area contributed by atoms with Crippen LogP contribution in [0.15, 0.2) is 24.3 Å². The Balaban J connectivity index is 2.89. The first-order valence-corrected chi connectivity index (χ1v) is 10.6. The molecular weight excluding hydrogens is 409 g/mol. The van der Waals surface area contributed by atoms with Crippen LogP contribution in [-0.2, 0) is 20.7 Å². The van der Waals surface area contributed by atoms with Crippen LogP contribution in [0.2, 0.25) is 6.82 Å². The molecule has 0 bridgehead atoms. The zero-order valence-electron chi connectivity index (χ0n) is 18.0. The molecule has 0 radical (unpaired) electrons. The lowest BCUT2D eigenvalue weighted by Crippen LogP contribution is -2.55. The summed E-state index contributed by atoms with van der Waals surface area (Å²) in [6.07, 6.45) is 0.394. The van der Waals surface area contributed by atoms with E-state index in [1.807, 2.05) is 20.8 Å². The second kappa shape index (κ2) is 12.0. The minimum Gasteiger partial charge on any atom is -0.437 e. The van der Waals surface area contributed by atoms with E-state index in [0.717, 1.165) is 17.3 Å². The number of carbonyl (C=O) groups excluding carboxylic acids is 2. The highest BCUT2D eigenvalue weighted by atomic mass is 32.2. The van der Waals surface area contributed by atoms with Gasteiger partial charge in [-0.3, -0.25) is 19.7 Å². The number of nitro groups is 1. The zero-order chi connectivity index (χ0) is 22.9. The fourth-order valence-corrected chi connectivity index (χ4v) is 3.17. The molecule has 0 aliphatic carbocycles. The molecule has 0 saturated carbocycles. The molecule has 2 atom stereocenters. The number of nitrogens with zero attached hydrogens (tertiary/aromatic N) is 1. The molecule has 0 saturated heterocycles. The molecule has 1 amide bonds. The van der Waals surface area contributed by atoms with Crippen LogP contribution in [0.5, 0.6) is 0 Å². The molecule has 0 aliphatic rings. The van der Waals surface area contributed by atoms with E-state index in [2.05, 4.69) is 10.5 Å². The standard InChI is InChI=1S/C19H30BN3O6S/c1-13(24)30-12-15(10-14-6-8-16(9-7-14)23(27)28)21-18(25)17(22-20(5)26)11-29-19(2,3)4/h6-9,15,17,22,26H,10-12H2,1-5H3,(H,21,25)/t15-,17+/m1/s1. The number of amides is 1. The number of carbonyl (C=O) groups is 2. The van der Waals surface area contributed by atoms with E-state index >= 15 is 0 Å². The Morgan fingerprint density at radius 2 is 1.90 bits per heavy atom. The molecule has 0 heterocycles. The average Bonchev–Trinajstić information content (AvgIpc) is 2.62. The van der Waals surface area contributed by atoms with Crippen molar-refractivity contribution in [2.45, 2.75) is 58.6 Å². The molecule has 0 aliphatic heterocycles. The number of non-ortho nitro benzene ring substituents is 1. The number of hydrogen-bond acceptors (Lipinski definition) is 8. The van der Waals surface area contributed by atoms with Gasteiger partial charge in [0.05, 0.1) is 17.1 Å². The van der Waals surface area contributed by atoms with Crippen molar-refractivity contribution in [3.63, 3.8) is 0 Å². The number of nitro benzene ring substituents is 1. The quantitative estimate of drug-likeness (QED) is 0.270. The fraction of sp³-hybridized carbons (Fsp3) is 0.579. The Hall–Kier alpha value is -1.95. The topological polar surface area (TPSA) is 131 Å². The van der Waals surface area contributed by atoms with Crippen molar-refractivity contribution < 1.29 is 24.3 Å².